The van der Waals surface area contributed by atoms with Crippen molar-refractivity contribution in [3.63, 3.8) is 0 Å². The van der Waals surface area contributed by atoms with E-state index in [1.54, 1.807) is 0 Å². The smallest absolute Gasteiger partial charge is 0.0593 e. The molecular weight excluding hydrogens is 216 g/mol. The van der Waals surface area contributed by atoms with Crippen LogP contribution in [0, 0.1) is 11.8 Å². The second kappa shape index (κ2) is 6.69. The van der Waals surface area contributed by atoms with Crippen molar-refractivity contribution in [2.45, 2.75) is 25.3 Å². The minimum atomic E-state index is 0.446. The Kier molecular flexibility index (Phi) is 5.22. The molecule has 2 N–H and O–H groups in total. The van der Waals surface area contributed by atoms with Crippen LogP contribution in [-0.4, -0.2) is 57.5 Å². The van der Waals surface area contributed by atoms with E-state index < -0.39 is 0 Å². The summed E-state index contributed by atoms with van der Waals surface area (Å²) in [5.41, 5.74) is 5.88. The van der Waals surface area contributed by atoms with E-state index in [-0.39, 0.29) is 0 Å². The van der Waals surface area contributed by atoms with Crippen LogP contribution in [0.5, 0.6) is 0 Å². The molecule has 0 amide bonds. The predicted molar refractivity (Wildman–Crippen MR) is 67.9 cm³/mol. The van der Waals surface area contributed by atoms with E-state index in [2.05, 4.69) is 11.9 Å². The summed E-state index contributed by atoms with van der Waals surface area (Å²) in [5.74, 6) is 1.46. The Hall–Kier alpha value is -0.160. The Morgan fingerprint density at radius 1 is 1.41 bits per heavy atom. The molecule has 1 aliphatic carbocycles. The molecule has 1 saturated heterocycles. The van der Waals surface area contributed by atoms with Gasteiger partial charge in [0.2, 0.25) is 0 Å². The monoisotopic (exact) mass is 242 g/mol. The average molecular weight is 242 g/mol. The molecule has 0 bridgehead atoms. The predicted octanol–water partition coefficient (Wildman–Crippen LogP) is 0.709. The lowest BCUT2D eigenvalue weighted by Crippen LogP contribution is -2.45. The summed E-state index contributed by atoms with van der Waals surface area (Å²) in [6.07, 6.45) is 3.87. The number of ether oxygens (including phenoxy) is 2. The van der Waals surface area contributed by atoms with Crippen LogP contribution in [0.2, 0.25) is 0 Å². The van der Waals surface area contributed by atoms with Gasteiger partial charge in [-0.15, -0.1) is 0 Å². The van der Waals surface area contributed by atoms with E-state index in [4.69, 9.17) is 15.2 Å². The number of hydrogen-bond donors (Lipinski definition) is 1. The number of likely N-dealkylation sites (N-methyl/N-ethyl adjacent to an activating group) is 1. The summed E-state index contributed by atoms with van der Waals surface area (Å²) in [6, 6.07) is 0.446. The molecule has 1 saturated carbocycles. The maximum Gasteiger partial charge on any atom is 0.0593 e. The van der Waals surface area contributed by atoms with Gasteiger partial charge in [-0.1, -0.05) is 0 Å². The van der Waals surface area contributed by atoms with Crippen molar-refractivity contribution in [2.75, 3.05) is 46.6 Å². The van der Waals surface area contributed by atoms with Gasteiger partial charge in [-0.05, 0) is 32.2 Å². The number of hydrogen-bond acceptors (Lipinski definition) is 4. The fourth-order valence-electron chi connectivity index (χ4n) is 2.50. The van der Waals surface area contributed by atoms with Crippen LogP contribution < -0.4 is 5.73 Å². The van der Waals surface area contributed by atoms with Crippen molar-refractivity contribution in [2.24, 2.45) is 17.6 Å². The molecule has 17 heavy (non-hydrogen) atoms. The molecule has 0 aromatic carbocycles. The lowest BCUT2D eigenvalue weighted by molar-refractivity contribution is 0.0771. The third-order valence-electron chi connectivity index (χ3n) is 3.96. The second-order valence-corrected chi connectivity index (χ2v) is 5.43. The van der Waals surface area contributed by atoms with E-state index in [1.165, 1.54) is 12.8 Å². The van der Waals surface area contributed by atoms with Crippen molar-refractivity contribution in [3.05, 3.63) is 0 Å². The third kappa shape index (κ3) is 4.21. The van der Waals surface area contributed by atoms with Crippen molar-refractivity contribution in [1.29, 1.82) is 0 Å². The zero-order valence-electron chi connectivity index (χ0n) is 10.9. The van der Waals surface area contributed by atoms with Crippen LogP contribution in [0.1, 0.15) is 19.3 Å². The normalized spacial score (nSPS) is 26.6. The molecule has 2 aliphatic rings. The number of rotatable bonds is 8. The van der Waals surface area contributed by atoms with E-state index in [1.807, 2.05) is 0 Å². The van der Waals surface area contributed by atoms with E-state index in [9.17, 15) is 0 Å². The van der Waals surface area contributed by atoms with Gasteiger partial charge in [0.1, 0.15) is 0 Å². The van der Waals surface area contributed by atoms with Gasteiger partial charge in [-0.3, -0.25) is 4.90 Å². The average Bonchev–Trinajstić information content (AvgIpc) is 3.00. The summed E-state index contributed by atoms with van der Waals surface area (Å²) in [7, 11) is 2.15. The highest BCUT2D eigenvalue weighted by molar-refractivity contribution is 4.81. The topological polar surface area (TPSA) is 47.7 Å². The Morgan fingerprint density at radius 3 is 2.82 bits per heavy atom. The lowest BCUT2D eigenvalue weighted by Gasteiger charge is -2.30. The summed E-state index contributed by atoms with van der Waals surface area (Å²) in [6.45, 7) is 5.24. The Bertz CT molecular complexity index is 215. The first-order valence-electron chi connectivity index (χ1n) is 6.87. The molecule has 4 nitrogen and oxygen atoms in total. The molecule has 2 fully saturated rings. The second-order valence-electron chi connectivity index (χ2n) is 5.43. The van der Waals surface area contributed by atoms with Gasteiger partial charge >= 0.3 is 0 Å². The highest BCUT2D eigenvalue weighted by atomic mass is 16.5. The molecule has 0 aromatic heterocycles. The van der Waals surface area contributed by atoms with Crippen molar-refractivity contribution >= 4 is 0 Å². The molecule has 1 aliphatic heterocycles. The zero-order chi connectivity index (χ0) is 12.1. The van der Waals surface area contributed by atoms with E-state index in [0.717, 1.165) is 45.3 Å². The molecule has 1 heterocycles. The molecule has 0 radical (unpaired) electrons. The van der Waals surface area contributed by atoms with Crippen LogP contribution in [0.4, 0.5) is 0 Å². The summed E-state index contributed by atoms with van der Waals surface area (Å²) >= 11 is 0. The quantitative estimate of drug-likeness (QED) is 0.637. The number of nitrogens with two attached hydrogens (primary N) is 1. The van der Waals surface area contributed by atoms with Gasteiger partial charge in [0.25, 0.3) is 0 Å². The SMILES string of the molecule is CN(CCOCC1CC1)C(CN)C1CCOC1. The van der Waals surface area contributed by atoms with Gasteiger partial charge in [0.15, 0.2) is 0 Å². The Morgan fingerprint density at radius 2 is 2.24 bits per heavy atom. The Labute approximate surface area is 104 Å². The van der Waals surface area contributed by atoms with Gasteiger partial charge in [0, 0.05) is 38.3 Å². The molecule has 2 unspecified atom stereocenters. The van der Waals surface area contributed by atoms with Crippen molar-refractivity contribution in [3.8, 4) is 0 Å². The fraction of sp³-hybridized carbons (Fsp3) is 1.00. The standard InChI is InChI=1S/C13H26N2O2/c1-15(5-7-17-9-11-2-3-11)13(8-14)12-4-6-16-10-12/h11-13H,2-10,14H2,1H3. The molecule has 100 valence electrons. The van der Waals surface area contributed by atoms with Crippen LogP contribution >= 0.6 is 0 Å². The van der Waals surface area contributed by atoms with Crippen LogP contribution in [0.15, 0.2) is 0 Å². The lowest BCUT2D eigenvalue weighted by atomic mass is 9.98. The molecular formula is C13H26N2O2. The zero-order valence-corrected chi connectivity index (χ0v) is 10.9. The maximum absolute atomic E-state index is 5.88. The van der Waals surface area contributed by atoms with Crippen LogP contribution in [0.25, 0.3) is 0 Å². The Balaban J connectivity index is 1.62. The van der Waals surface area contributed by atoms with E-state index in [0.29, 0.717) is 18.5 Å². The maximum atomic E-state index is 5.88. The van der Waals surface area contributed by atoms with Gasteiger partial charge in [-0.25, -0.2) is 0 Å². The fourth-order valence-corrected chi connectivity index (χ4v) is 2.50. The minimum absolute atomic E-state index is 0.446. The first-order valence-corrected chi connectivity index (χ1v) is 6.87. The van der Waals surface area contributed by atoms with E-state index >= 15 is 0 Å². The molecule has 2 atom stereocenters. The summed E-state index contributed by atoms with van der Waals surface area (Å²) in [4.78, 5) is 2.34. The first-order chi connectivity index (χ1) is 8.31. The van der Waals surface area contributed by atoms with Crippen LogP contribution in [0.3, 0.4) is 0 Å². The minimum Gasteiger partial charge on any atom is -0.381 e. The number of nitrogens with zero attached hydrogens (tertiary/aromatic N) is 1. The molecule has 0 spiro atoms. The molecule has 2 rings (SSSR count). The largest absolute Gasteiger partial charge is 0.381 e. The summed E-state index contributed by atoms with van der Waals surface area (Å²) < 4.78 is 11.1. The highest BCUT2D eigenvalue weighted by Crippen LogP contribution is 2.28. The van der Waals surface area contributed by atoms with Gasteiger partial charge in [-0.2, -0.15) is 0 Å². The van der Waals surface area contributed by atoms with Gasteiger partial charge < -0.3 is 15.2 Å². The molecule has 0 aromatic rings. The van der Waals surface area contributed by atoms with Crippen LogP contribution in [-0.2, 0) is 9.47 Å². The van der Waals surface area contributed by atoms with Crippen molar-refractivity contribution in [1.82, 2.24) is 4.90 Å². The molecule has 4 heteroatoms. The van der Waals surface area contributed by atoms with Gasteiger partial charge in [0.05, 0.1) is 13.2 Å². The van der Waals surface area contributed by atoms with Crippen molar-refractivity contribution < 1.29 is 9.47 Å². The summed E-state index contributed by atoms with van der Waals surface area (Å²) in [5, 5.41) is 0. The first kappa shape index (κ1) is 13.3. The third-order valence-corrected chi connectivity index (χ3v) is 3.96. The highest BCUT2D eigenvalue weighted by Gasteiger charge is 2.27.